The number of nitrogens with one attached hydrogen (secondary N) is 1. The maximum atomic E-state index is 9.30. The molecule has 0 bridgehead atoms. The predicted molar refractivity (Wildman–Crippen MR) is 55.8 cm³/mol. The van der Waals surface area contributed by atoms with Crippen LogP contribution in [0.5, 0.6) is 0 Å². The third kappa shape index (κ3) is 3.46. The molecule has 1 aromatic carbocycles. The molecule has 0 saturated carbocycles. The lowest BCUT2D eigenvalue weighted by Gasteiger charge is -2.19. The van der Waals surface area contributed by atoms with Crippen LogP contribution in [0.15, 0.2) is 30.3 Å². The van der Waals surface area contributed by atoms with Crippen LogP contribution in [0.3, 0.4) is 0 Å². The zero-order valence-corrected chi connectivity index (χ0v) is 8.60. The SMILES string of the molecule is CNC(OCc1ccccc1)C(C)O. The molecule has 3 nitrogen and oxygen atoms in total. The summed E-state index contributed by atoms with van der Waals surface area (Å²) < 4.78 is 5.48. The Labute approximate surface area is 84.7 Å². The fourth-order valence-electron chi connectivity index (χ4n) is 1.22. The molecule has 78 valence electrons. The Morgan fingerprint density at radius 3 is 2.50 bits per heavy atom. The van der Waals surface area contributed by atoms with Crippen molar-refractivity contribution < 1.29 is 9.84 Å². The van der Waals surface area contributed by atoms with Gasteiger partial charge in [0.15, 0.2) is 0 Å². The van der Waals surface area contributed by atoms with Crippen molar-refractivity contribution in [2.45, 2.75) is 25.9 Å². The van der Waals surface area contributed by atoms with E-state index in [0.29, 0.717) is 6.61 Å². The van der Waals surface area contributed by atoms with Crippen molar-refractivity contribution >= 4 is 0 Å². The Bertz CT molecular complexity index is 249. The number of ether oxygens (including phenoxy) is 1. The van der Waals surface area contributed by atoms with E-state index in [4.69, 9.17) is 4.74 Å². The third-order valence-corrected chi connectivity index (χ3v) is 2.00. The predicted octanol–water partition coefficient (Wildman–Crippen LogP) is 1.13. The fraction of sp³-hybridized carbons (Fsp3) is 0.455. The van der Waals surface area contributed by atoms with Crippen LogP contribution < -0.4 is 5.32 Å². The molecule has 0 saturated heterocycles. The van der Waals surface area contributed by atoms with Gasteiger partial charge < -0.3 is 9.84 Å². The van der Waals surface area contributed by atoms with Crippen molar-refractivity contribution in [2.24, 2.45) is 0 Å². The summed E-state index contributed by atoms with van der Waals surface area (Å²) in [4.78, 5) is 0. The van der Waals surface area contributed by atoms with Gasteiger partial charge in [0.1, 0.15) is 6.23 Å². The van der Waals surface area contributed by atoms with Gasteiger partial charge in [-0.2, -0.15) is 0 Å². The van der Waals surface area contributed by atoms with E-state index in [1.807, 2.05) is 30.3 Å². The minimum atomic E-state index is -0.510. The topological polar surface area (TPSA) is 41.5 Å². The van der Waals surface area contributed by atoms with Crippen molar-refractivity contribution in [1.82, 2.24) is 5.32 Å². The van der Waals surface area contributed by atoms with E-state index < -0.39 is 6.10 Å². The first-order valence-electron chi connectivity index (χ1n) is 4.75. The van der Waals surface area contributed by atoms with Crippen LogP contribution in [-0.2, 0) is 11.3 Å². The summed E-state index contributed by atoms with van der Waals surface area (Å²) in [5.74, 6) is 0. The normalized spacial score (nSPS) is 15.1. The molecule has 0 spiro atoms. The maximum Gasteiger partial charge on any atom is 0.134 e. The van der Waals surface area contributed by atoms with Crippen LogP contribution in [0.25, 0.3) is 0 Å². The van der Waals surface area contributed by atoms with Gasteiger partial charge in [-0.05, 0) is 19.5 Å². The van der Waals surface area contributed by atoms with Gasteiger partial charge in [-0.25, -0.2) is 0 Å². The molecule has 2 unspecified atom stereocenters. The number of aliphatic hydroxyl groups is 1. The van der Waals surface area contributed by atoms with Gasteiger partial charge in [-0.15, -0.1) is 0 Å². The molecule has 3 heteroatoms. The van der Waals surface area contributed by atoms with Crippen LogP contribution in [-0.4, -0.2) is 24.5 Å². The first-order chi connectivity index (χ1) is 6.74. The second-order valence-corrected chi connectivity index (χ2v) is 3.25. The van der Waals surface area contributed by atoms with E-state index in [-0.39, 0.29) is 6.23 Å². The summed E-state index contributed by atoms with van der Waals surface area (Å²) in [6, 6.07) is 9.89. The lowest BCUT2D eigenvalue weighted by atomic mass is 10.2. The minimum Gasteiger partial charge on any atom is -0.389 e. The summed E-state index contributed by atoms with van der Waals surface area (Å²) in [5.41, 5.74) is 1.11. The van der Waals surface area contributed by atoms with E-state index in [9.17, 15) is 5.11 Å². The number of rotatable bonds is 5. The monoisotopic (exact) mass is 195 g/mol. The molecular weight excluding hydrogens is 178 g/mol. The molecular formula is C11H17NO2. The Hall–Kier alpha value is -0.900. The number of aliphatic hydroxyl groups excluding tert-OH is 1. The van der Waals surface area contributed by atoms with Gasteiger partial charge in [0.25, 0.3) is 0 Å². The van der Waals surface area contributed by atoms with Gasteiger partial charge in [0.2, 0.25) is 0 Å². The van der Waals surface area contributed by atoms with Gasteiger partial charge >= 0.3 is 0 Å². The van der Waals surface area contributed by atoms with Gasteiger partial charge in [-0.1, -0.05) is 30.3 Å². The van der Waals surface area contributed by atoms with Crippen molar-refractivity contribution in [2.75, 3.05) is 7.05 Å². The Kier molecular flexibility index (Phi) is 4.59. The molecule has 0 aliphatic heterocycles. The second kappa shape index (κ2) is 5.75. The first kappa shape index (κ1) is 11.2. The molecule has 0 radical (unpaired) electrons. The van der Waals surface area contributed by atoms with Crippen LogP contribution >= 0.6 is 0 Å². The summed E-state index contributed by atoms with van der Waals surface area (Å²) in [6.07, 6.45) is -0.820. The molecule has 0 aliphatic carbocycles. The first-order valence-corrected chi connectivity index (χ1v) is 4.75. The third-order valence-electron chi connectivity index (χ3n) is 2.00. The highest BCUT2D eigenvalue weighted by Gasteiger charge is 2.12. The Morgan fingerprint density at radius 2 is 2.00 bits per heavy atom. The van der Waals surface area contributed by atoms with E-state index in [0.717, 1.165) is 5.56 Å². The Morgan fingerprint density at radius 1 is 1.36 bits per heavy atom. The van der Waals surface area contributed by atoms with Gasteiger partial charge in [0, 0.05) is 0 Å². The molecule has 0 aliphatic rings. The molecule has 1 rings (SSSR count). The summed E-state index contributed by atoms with van der Waals surface area (Å²) in [6.45, 7) is 2.21. The van der Waals surface area contributed by atoms with Gasteiger partial charge in [0.05, 0.1) is 12.7 Å². The maximum absolute atomic E-state index is 9.30. The fourth-order valence-corrected chi connectivity index (χ4v) is 1.22. The largest absolute Gasteiger partial charge is 0.389 e. The molecule has 2 atom stereocenters. The lowest BCUT2D eigenvalue weighted by Crippen LogP contribution is -2.38. The summed E-state index contributed by atoms with van der Waals surface area (Å²) >= 11 is 0. The van der Waals surface area contributed by atoms with E-state index in [1.165, 1.54) is 0 Å². The highest BCUT2D eigenvalue weighted by Crippen LogP contribution is 2.03. The average molecular weight is 195 g/mol. The molecule has 0 amide bonds. The van der Waals surface area contributed by atoms with Crippen LogP contribution in [0, 0.1) is 0 Å². The summed E-state index contributed by atoms with van der Waals surface area (Å²) in [5, 5.41) is 12.2. The zero-order chi connectivity index (χ0) is 10.4. The van der Waals surface area contributed by atoms with E-state index in [2.05, 4.69) is 5.32 Å². The van der Waals surface area contributed by atoms with Crippen molar-refractivity contribution in [3.05, 3.63) is 35.9 Å². The molecule has 14 heavy (non-hydrogen) atoms. The average Bonchev–Trinajstić information content (AvgIpc) is 2.20. The number of benzene rings is 1. The lowest BCUT2D eigenvalue weighted by molar-refractivity contribution is -0.0527. The van der Waals surface area contributed by atoms with Crippen molar-refractivity contribution in [3.8, 4) is 0 Å². The molecule has 0 fully saturated rings. The standard InChI is InChI=1S/C11H17NO2/c1-9(13)11(12-2)14-8-10-6-4-3-5-7-10/h3-7,9,11-13H,8H2,1-2H3. The van der Waals surface area contributed by atoms with E-state index in [1.54, 1.807) is 14.0 Å². The van der Waals surface area contributed by atoms with Crippen LogP contribution in [0.2, 0.25) is 0 Å². The smallest absolute Gasteiger partial charge is 0.134 e. The van der Waals surface area contributed by atoms with Crippen molar-refractivity contribution in [3.63, 3.8) is 0 Å². The molecule has 0 aromatic heterocycles. The Balaban J connectivity index is 2.40. The van der Waals surface area contributed by atoms with Crippen molar-refractivity contribution in [1.29, 1.82) is 0 Å². The molecule has 1 aromatic rings. The highest BCUT2D eigenvalue weighted by molar-refractivity contribution is 5.13. The number of hydrogen-bond acceptors (Lipinski definition) is 3. The van der Waals surface area contributed by atoms with Crippen LogP contribution in [0.4, 0.5) is 0 Å². The zero-order valence-electron chi connectivity index (χ0n) is 8.60. The minimum absolute atomic E-state index is 0.310. The molecule has 2 N–H and O–H groups in total. The number of hydrogen-bond donors (Lipinski definition) is 2. The van der Waals surface area contributed by atoms with Gasteiger partial charge in [-0.3, -0.25) is 5.32 Å². The summed E-state index contributed by atoms with van der Waals surface area (Å²) in [7, 11) is 1.77. The highest BCUT2D eigenvalue weighted by atomic mass is 16.5. The van der Waals surface area contributed by atoms with Crippen LogP contribution in [0.1, 0.15) is 12.5 Å². The number of likely N-dealkylation sites (N-methyl/N-ethyl adjacent to an activating group) is 1. The van der Waals surface area contributed by atoms with E-state index >= 15 is 0 Å². The second-order valence-electron chi connectivity index (χ2n) is 3.25. The quantitative estimate of drug-likeness (QED) is 0.692. The molecule has 0 heterocycles.